The van der Waals surface area contributed by atoms with Crippen LogP contribution >= 0.6 is 11.3 Å². The van der Waals surface area contributed by atoms with Crippen molar-refractivity contribution in [1.82, 2.24) is 20.0 Å². The molecule has 156 valence electrons. The Morgan fingerprint density at radius 2 is 2.17 bits per heavy atom. The van der Waals surface area contributed by atoms with Gasteiger partial charge in [-0.05, 0) is 35.9 Å². The second-order valence-corrected chi connectivity index (χ2v) is 7.97. The number of methoxy groups -OCH3 is 1. The van der Waals surface area contributed by atoms with Crippen LogP contribution in [0.3, 0.4) is 0 Å². The van der Waals surface area contributed by atoms with Crippen LogP contribution in [0.15, 0.2) is 28.4 Å². The fraction of sp³-hybridized carbons (Fsp3) is 0.500. The van der Waals surface area contributed by atoms with Gasteiger partial charge in [-0.25, -0.2) is 4.68 Å². The Labute approximate surface area is 173 Å². The Morgan fingerprint density at radius 3 is 2.93 bits per heavy atom. The number of nitrogens with zero attached hydrogens (tertiary/aromatic N) is 3. The Kier molecular flexibility index (Phi) is 7.16. The van der Waals surface area contributed by atoms with Gasteiger partial charge < -0.3 is 15.0 Å². The van der Waals surface area contributed by atoms with Crippen molar-refractivity contribution in [1.29, 1.82) is 0 Å². The van der Waals surface area contributed by atoms with Gasteiger partial charge in [-0.2, -0.15) is 5.10 Å². The molecule has 0 radical (unpaired) electrons. The highest BCUT2D eigenvalue weighted by atomic mass is 32.1. The third-order valence-corrected chi connectivity index (χ3v) is 5.93. The molecule has 0 saturated carbocycles. The van der Waals surface area contributed by atoms with Crippen LogP contribution in [0.4, 0.5) is 0 Å². The molecule has 1 atom stereocenters. The molecule has 1 aliphatic heterocycles. The van der Waals surface area contributed by atoms with E-state index in [1.54, 1.807) is 11.3 Å². The summed E-state index contributed by atoms with van der Waals surface area (Å²) in [5.74, 6) is -0.541. The molecule has 3 heterocycles. The lowest BCUT2D eigenvalue weighted by Crippen LogP contribution is -2.50. The van der Waals surface area contributed by atoms with Crippen molar-refractivity contribution in [2.24, 2.45) is 0 Å². The normalized spacial score (nSPS) is 14.3. The number of hydrogen-bond donors (Lipinski definition) is 1. The summed E-state index contributed by atoms with van der Waals surface area (Å²) in [4.78, 5) is 40.8. The van der Waals surface area contributed by atoms with Crippen molar-refractivity contribution in [2.75, 3.05) is 20.3 Å². The molecule has 0 spiro atoms. The summed E-state index contributed by atoms with van der Waals surface area (Å²) in [6.45, 7) is 3.78. The van der Waals surface area contributed by atoms with Gasteiger partial charge in [0.2, 0.25) is 5.91 Å². The molecule has 9 heteroatoms. The van der Waals surface area contributed by atoms with Gasteiger partial charge in [0.05, 0.1) is 13.2 Å². The van der Waals surface area contributed by atoms with Gasteiger partial charge in [-0.15, -0.1) is 11.3 Å². The standard InChI is InChI=1S/C20H26N4O4S/c1-3-4-16(20(27)23-9-7-17-14(13-23)8-12-29-17)21-19(26)15-5-6-18(25)24(22-15)10-11-28-2/h5-6,8,12,16H,3-4,7,9-11,13H2,1-2H3,(H,21,26). The first kappa shape index (κ1) is 21.2. The first-order chi connectivity index (χ1) is 14.0. The van der Waals surface area contributed by atoms with E-state index in [1.165, 1.54) is 34.4 Å². The highest BCUT2D eigenvalue weighted by Gasteiger charge is 2.29. The summed E-state index contributed by atoms with van der Waals surface area (Å²) in [5.41, 5.74) is 0.983. The summed E-state index contributed by atoms with van der Waals surface area (Å²) in [7, 11) is 1.53. The molecule has 1 aliphatic rings. The average Bonchev–Trinajstić information content (AvgIpc) is 3.20. The van der Waals surface area contributed by atoms with Crippen molar-refractivity contribution < 1.29 is 14.3 Å². The smallest absolute Gasteiger partial charge is 0.272 e. The maximum Gasteiger partial charge on any atom is 0.272 e. The van der Waals surface area contributed by atoms with E-state index in [-0.39, 0.29) is 23.7 Å². The largest absolute Gasteiger partial charge is 0.383 e. The van der Waals surface area contributed by atoms with E-state index in [9.17, 15) is 14.4 Å². The third-order valence-electron chi connectivity index (χ3n) is 4.91. The molecule has 0 aliphatic carbocycles. The molecular formula is C20H26N4O4S. The van der Waals surface area contributed by atoms with Crippen LogP contribution in [0.25, 0.3) is 0 Å². The molecular weight excluding hydrogens is 392 g/mol. The average molecular weight is 419 g/mol. The first-order valence-electron chi connectivity index (χ1n) is 9.75. The van der Waals surface area contributed by atoms with Crippen LogP contribution in [-0.4, -0.2) is 52.8 Å². The number of ether oxygens (including phenoxy) is 1. The highest BCUT2D eigenvalue weighted by molar-refractivity contribution is 7.10. The van der Waals surface area contributed by atoms with E-state index in [4.69, 9.17) is 4.74 Å². The SMILES string of the molecule is CCCC(NC(=O)c1ccc(=O)n(CCOC)n1)C(=O)N1CCc2sccc2C1. The monoisotopic (exact) mass is 418 g/mol. The second-order valence-electron chi connectivity index (χ2n) is 6.97. The summed E-state index contributed by atoms with van der Waals surface area (Å²) >= 11 is 1.72. The number of carbonyl (C=O) groups excluding carboxylic acids is 2. The highest BCUT2D eigenvalue weighted by Crippen LogP contribution is 2.24. The van der Waals surface area contributed by atoms with Gasteiger partial charge in [0.25, 0.3) is 11.5 Å². The molecule has 29 heavy (non-hydrogen) atoms. The molecule has 0 fully saturated rings. The molecule has 3 rings (SSSR count). The topological polar surface area (TPSA) is 93.5 Å². The molecule has 0 saturated heterocycles. The van der Waals surface area contributed by atoms with Crippen molar-refractivity contribution >= 4 is 23.2 Å². The van der Waals surface area contributed by atoms with Gasteiger partial charge >= 0.3 is 0 Å². The van der Waals surface area contributed by atoms with Crippen molar-refractivity contribution in [3.05, 3.63) is 50.1 Å². The van der Waals surface area contributed by atoms with E-state index in [0.717, 1.165) is 12.8 Å². The predicted octanol–water partition coefficient (Wildman–Crippen LogP) is 1.43. The van der Waals surface area contributed by atoms with Gasteiger partial charge in [0, 0.05) is 31.1 Å². The number of thiophene rings is 1. The zero-order valence-electron chi connectivity index (χ0n) is 16.7. The number of hydrogen-bond acceptors (Lipinski definition) is 6. The van der Waals surface area contributed by atoms with Gasteiger partial charge in [-0.3, -0.25) is 14.4 Å². The lowest BCUT2D eigenvalue weighted by atomic mass is 10.1. The lowest BCUT2D eigenvalue weighted by Gasteiger charge is -2.30. The maximum atomic E-state index is 13.1. The number of aromatic nitrogens is 2. The zero-order chi connectivity index (χ0) is 20.8. The third kappa shape index (κ3) is 5.10. The van der Waals surface area contributed by atoms with E-state index in [1.807, 2.05) is 17.2 Å². The maximum absolute atomic E-state index is 13.1. The Balaban J connectivity index is 1.70. The Bertz CT molecular complexity index is 923. The van der Waals surface area contributed by atoms with E-state index in [0.29, 0.717) is 26.1 Å². The van der Waals surface area contributed by atoms with Crippen molar-refractivity contribution in [3.8, 4) is 0 Å². The predicted molar refractivity (Wildman–Crippen MR) is 110 cm³/mol. The van der Waals surface area contributed by atoms with E-state index < -0.39 is 11.9 Å². The van der Waals surface area contributed by atoms with E-state index >= 15 is 0 Å². The first-order valence-corrected chi connectivity index (χ1v) is 10.6. The molecule has 0 bridgehead atoms. The van der Waals surface area contributed by atoms with E-state index in [2.05, 4.69) is 16.5 Å². The number of rotatable bonds is 8. The molecule has 1 unspecified atom stereocenters. The van der Waals surface area contributed by atoms with Gasteiger partial charge in [0.1, 0.15) is 11.7 Å². The van der Waals surface area contributed by atoms with Crippen LogP contribution in [0.5, 0.6) is 0 Å². The van der Waals surface area contributed by atoms with Crippen molar-refractivity contribution in [3.63, 3.8) is 0 Å². The molecule has 0 aromatic carbocycles. The molecule has 2 aromatic heterocycles. The lowest BCUT2D eigenvalue weighted by molar-refractivity contribution is -0.134. The van der Waals surface area contributed by atoms with Crippen LogP contribution in [0.2, 0.25) is 0 Å². The Hall–Kier alpha value is -2.52. The summed E-state index contributed by atoms with van der Waals surface area (Å²) in [6, 6.07) is 4.12. The number of fused-ring (bicyclic) bond motifs is 1. The van der Waals surface area contributed by atoms with Crippen LogP contribution in [0.1, 0.15) is 40.7 Å². The molecule has 1 N–H and O–H groups in total. The summed E-state index contributed by atoms with van der Waals surface area (Å²) in [5, 5.41) is 8.97. The van der Waals surface area contributed by atoms with Gasteiger partial charge in [0.15, 0.2) is 0 Å². The summed E-state index contributed by atoms with van der Waals surface area (Å²) < 4.78 is 6.16. The molecule has 8 nitrogen and oxygen atoms in total. The minimum atomic E-state index is -0.617. The molecule has 2 aromatic rings. The van der Waals surface area contributed by atoms with Gasteiger partial charge in [-0.1, -0.05) is 13.3 Å². The minimum absolute atomic E-state index is 0.0789. The Morgan fingerprint density at radius 1 is 1.34 bits per heavy atom. The fourth-order valence-electron chi connectivity index (χ4n) is 3.34. The van der Waals surface area contributed by atoms with Crippen LogP contribution in [0, 0.1) is 0 Å². The zero-order valence-corrected chi connectivity index (χ0v) is 17.5. The quantitative estimate of drug-likeness (QED) is 0.700. The second kappa shape index (κ2) is 9.80. The fourth-order valence-corrected chi connectivity index (χ4v) is 4.23. The van der Waals surface area contributed by atoms with Crippen LogP contribution in [-0.2, 0) is 29.0 Å². The van der Waals surface area contributed by atoms with Crippen molar-refractivity contribution in [2.45, 2.75) is 45.3 Å². The number of carbonyl (C=O) groups is 2. The summed E-state index contributed by atoms with van der Waals surface area (Å²) in [6.07, 6.45) is 2.15. The molecule has 2 amide bonds. The minimum Gasteiger partial charge on any atom is -0.383 e. The number of amides is 2. The van der Waals surface area contributed by atoms with Crippen LogP contribution < -0.4 is 10.9 Å². The number of nitrogens with one attached hydrogen (secondary N) is 1.